The van der Waals surface area contributed by atoms with Gasteiger partial charge in [-0.05, 0) is 36.6 Å². The minimum atomic E-state index is -1.04. The maximum atomic E-state index is 13.1. The van der Waals surface area contributed by atoms with Gasteiger partial charge in [0.1, 0.15) is 12.6 Å². The number of nitrogens with zero attached hydrogens (tertiary/aromatic N) is 2. The van der Waals surface area contributed by atoms with E-state index in [0.29, 0.717) is 10.8 Å². The molecule has 1 atom stereocenters. The van der Waals surface area contributed by atoms with E-state index in [1.165, 1.54) is 18.4 Å². The Morgan fingerprint density at radius 2 is 1.86 bits per heavy atom. The highest BCUT2D eigenvalue weighted by atomic mass is 32.1. The molecule has 3 aromatic rings. The first-order chi connectivity index (χ1) is 17.7. The van der Waals surface area contributed by atoms with Gasteiger partial charge in [0.05, 0.1) is 17.7 Å². The molecule has 0 radical (unpaired) electrons. The van der Waals surface area contributed by atoms with Crippen LogP contribution in [0.15, 0.2) is 59.6 Å². The molecule has 11 nitrogen and oxygen atoms in total. The van der Waals surface area contributed by atoms with Crippen LogP contribution in [-0.4, -0.2) is 42.1 Å². The van der Waals surface area contributed by atoms with Crippen LogP contribution >= 0.6 is 11.3 Å². The second-order valence-electron chi connectivity index (χ2n) is 7.89. The minimum Gasteiger partial charge on any atom is -0.469 e. The summed E-state index contributed by atoms with van der Waals surface area (Å²) in [5.41, 5.74) is 13.7. The number of rotatable bonds is 10. The van der Waals surface area contributed by atoms with Crippen molar-refractivity contribution in [2.24, 2.45) is 16.5 Å². The Morgan fingerprint density at radius 3 is 2.57 bits per heavy atom. The van der Waals surface area contributed by atoms with Crippen LogP contribution in [0, 0.1) is 6.92 Å². The molecule has 1 unspecified atom stereocenters. The van der Waals surface area contributed by atoms with Gasteiger partial charge >= 0.3 is 12.1 Å². The van der Waals surface area contributed by atoms with Crippen molar-refractivity contribution in [2.75, 3.05) is 12.4 Å². The average molecular weight is 525 g/mol. The molecule has 0 aliphatic carbocycles. The van der Waals surface area contributed by atoms with Gasteiger partial charge in [-0.3, -0.25) is 9.59 Å². The first-order valence-corrected chi connectivity index (χ1v) is 12.1. The van der Waals surface area contributed by atoms with E-state index in [9.17, 15) is 14.4 Å². The van der Waals surface area contributed by atoms with Crippen molar-refractivity contribution in [1.29, 1.82) is 0 Å². The van der Waals surface area contributed by atoms with E-state index in [0.717, 1.165) is 21.7 Å². The first kappa shape index (κ1) is 27.1. The summed E-state index contributed by atoms with van der Waals surface area (Å²) in [4.78, 5) is 46.3. The maximum Gasteiger partial charge on any atom is 0.408 e. The van der Waals surface area contributed by atoms with Gasteiger partial charge in [0.2, 0.25) is 11.0 Å². The zero-order valence-electron chi connectivity index (χ0n) is 20.4. The highest BCUT2D eigenvalue weighted by Crippen LogP contribution is 2.35. The fraction of sp³-hybridized carbons (Fsp3) is 0.240. The van der Waals surface area contributed by atoms with Crippen molar-refractivity contribution in [2.45, 2.75) is 32.4 Å². The number of carbonyl (C=O) groups excluding carboxylic acids is 3. The van der Waals surface area contributed by atoms with Gasteiger partial charge in [0.15, 0.2) is 5.96 Å². The lowest BCUT2D eigenvalue weighted by molar-refractivity contribution is -0.140. The van der Waals surface area contributed by atoms with Crippen LogP contribution in [0.4, 0.5) is 15.6 Å². The number of thiazole rings is 1. The van der Waals surface area contributed by atoms with Crippen molar-refractivity contribution in [3.8, 4) is 10.4 Å². The van der Waals surface area contributed by atoms with Crippen molar-refractivity contribution < 1.29 is 23.9 Å². The molecular formula is C25H28N6O5S. The van der Waals surface area contributed by atoms with Crippen LogP contribution in [0.25, 0.3) is 10.4 Å². The molecule has 2 amide bonds. The number of anilines is 1. The Morgan fingerprint density at radius 1 is 1.11 bits per heavy atom. The number of aryl methyl sites for hydroxylation is 1. The number of ether oxygens (including phenoxy) is 2. The zero-order chi connectivity index (χ0) is 26.8. The predicted molar refractivity (Wildman–Crippen MR) is 141 cm³/mol. The Labute approximate surface area is 217 Å². The summed E-state index contributed by atoms with van der Waals surface area (Å²) in [5, 5.41) is 5.74. The number of benzene rings is 2. The molecule has 0 aliphatic rings. The van der Waals surface area contributed by atoms with Crippen molar-refractivity contribution in [3.63, 3.8) is 0 Å². The number of alkyl carbamates (subject to hydrolysis) is 1. The molecular weight excluding hydrogens is 496 g/mol. The number of nitrogens with one attached hydrogen (secondary N) is 2. The zero-order valence-corrected chi connectivity index (χ0v) is 21.2. The average Bonchev–Trinajstić information content (AvgIpc) is 3.24. The van der Waals surface area contributed by atoms with Gasteiger partial charge < -0.3 is 31.6 Å². The van der Waals surface area contributed by atoms with Gasteiger partial charge in [0.25, 0.3) is 0 Å². The summed E-state index contributed by atoms with van der Waals surface area (Å²) in [7, 11) is 1.25. The Balaban J connectivity index is 1.71. The Bertz CT molecular complexity index is 1270. The Kier molecular flexibility index (Phi) is 9.55. The van der Waals surface area contributed by atoms with E-state index in [1.807, 2.05) is 43.3 Å². The van der Waals surface area contributed by atoms with E-state index in [1.54, 1.807) is 18.2 Å². The van der Waals surface area contributed by atoms with Gasteiger partial charge in [-0.1, -0.05) is 53.8 Å². The number of nitrogens with two attached hydrogens (primary N) is 2. The molecule has 3 rings (SSSR count). The van der Waals surface area contributed by atoms with E-state index >= 15 is 0 Å². The van der Waals surface area contributed by atoms with Gasteiger partial charge in [-0.2, -0.15) is 4.99 Å². The summed E-state index contributed by atoms with van der Waals surface area (Å²) in [6, 6.07) is 15.2. The molecule has 37 heavy (non-hydrogen) atoms. The smallest absolute Gasteiger partial charge is 0.408 e. The van der Waals surface area contributed by atoms with Crippen molar-refractivity contribution in [3.05, 3.63) is 65.9 Å². The number of hydrogen-bond acceptors (Lipinski definition) is 8. The summed E-state index contributed by atoms with van der Waals surface area (Å²) in [6.07, 6.45) is -0.828. The number of guanidine groups is 1. The number of esters is 1. The van der Waals surface area contributed by atoms with E-state index < -0.39 is 24.0 Å². The highest BCUT2D eigenvalue weighted by molar-refractivity contribution is 7.18. The molecule has 0 bridgehead atoms. The quantitative estimate of drug-likeness (QED) is 0.178. The molecule has 0 aliphatic heterocycles. The van der Waals surface area contributed by atoms with Crippen LogP contribution in [0.3, 0.4) is 0 Å². The summed E-state index contributed by atoms with van der Waals surface area (Å²) in [6.45, 7) is 1.87. The highest BCUT2D eigenvalue weighted by Gasteiger charge is 2.23. The fourth-order valence-electron chi connectivity index (χ4n) is 3.32. The third-order valence-corrected chi connectivity index (χ3v) is 6.19. The minimum absolute atomic E-state index is 0.0223. The molecule has 0 saturated carbocycles. The number of aromatic nitrogens is 1. The number of aliphatic imine (C=N–C) groups is 1. The Hall–Kier alpha value is -4.45. The van der Waals surface area contributed by atoms with Gasteiger partial charge in [0, 0.05) is 12.1 Å². The van der Waals surface area contributed by atoms with Crippen LogP contribution < -0.4 is 22.1 Å². The third-order valence-electron chi connectivity index (χ3n) is 5.09. The van der Waals surface area contributed by atoms with E-state index in [-0.39, 0.29) is 25.4 Å². The summed E-state index contributed by atoms with van der Waals surface area (Å²) in [5.74, 6) is -1.11. The lowest BCUT2D eigenvalue weighted by atomic mass is 10.1. The predicted octanol–water partition coefficient (Wildman–Crippen LogP) is 3.21. The molecule has 0 spiro atoms. The SMILES string of the molecule is COC(=O)CCC(NC(=O)OCc1ccccc1)C(=O)Nc1cccc(-c2sc(N=C(N)N)nc2C)c1. The third kappa shape index (κ3) is 8.32. The number of carbonyl (C=O) groups is 3. The van der Waals surface area contributed by atoms with E-state index in [2.05, 4.69) is 25.3 Å². The molecule has 0 saturated heterocycles. The molecule has 12 heteroatoms. The maximum absolute atomic E-state index is 13.1. The van der Waals surface area contributed by atoms with Crippen LogP contribution in [0.5, 0.6) is 0 Å². The molecule has 194 valence electrons. The molecule has 1 heterocycles. The van der Waals surface area contributed by atoms with Crippen molar-refractivity contribution in [1.82, 2.24) is 10.3 Å². The van der Waals surface area contributed by atoms with E-state index in [4.69, 9.17) is 16.2 Å². The fourth-order valence-corrected chi connectivity index (χ4v) is 4.27. The first-order valence-electron chi connectivity index (χ1n) is 11.3. The summed E-state index contributed by atoms with van der Waals surface area (Å²) >= 11 is 1.30. The van der Waals surface area contributed by atoms with Gasteiger partial charge in [-0.15, -0.1) is 0 Å². The second kappa shape index (κ2) is 13.0. The largest absolute Gasteiger partial charge is 0.469 e. The van der Waals surface area contributed by atoms with Crippen molar-refractivity contribution >= 4 is 46.1 Å². The standard InChI is InChI=1S/C25H28N6O5S/c1-15-21(37-24(28-15)31-23(26)27)17-9-6-10-18(13-17)29-22(33)19(11-12-20(32)35-2)30-25(34)36-14-16-7-4-3-5-8-16/h3-10,13,19H,11-12,14H2,1-2H3,(H,29,33)(H,30,34)(H4,26,27,28,31). The van der Waals surface area contributed by atoms with Gasteiger partial charge in [-0.25, -0.2) is 9.78 Å². The monoisotopic (exact) mass is 524 g/mol. The summed E-state index contributed by atoms with van der Waals surface area (Å²) < 4.78 is 9.90. The number of amides is 2. The number of methoxy groups -OCH3 is 1. The molecule has 1 aromatic heterocycles. The number of hydrogen-bond donors (Lipinski definition) is 4. The van der Waals surface area contributed by atoms with Crippen LogP contribution in [0.2, 0.25) is 0 Å². The second-order valence-corrected chi connectivity index (χ2v) is 8.87. The lowest BCUT2D eigenvalue weighted by Crippen LogP contribution is -2.44. The van der Waals surface area contributed by atoms with Crippen LogP contribution in [-0.2, 0) is 25.7 Å². The lowest BCUT2D eigenvalue weighted by Gasteiger charge is -2.18. The molecule has 0 fully saturated rings. The topological polar surface area (TPSA) is 171 Å². The molecule has 6 N–H and O–H groups in total. The molecule has 2 aromatic carbocycles. The normalized spacial score (nSPS) is 11.2. The van der Waals surface area contributed by atoms with Crippen LogP contribution in [0.1, 0.15) is 24.1 Å².